The second-order valence-electron chi connectivity index (χ2n) is 12.4. The molecule has 1 spiro atoms. The van der Waals surface area contributed by atoms with Crippen LogP contribution in [0.3, 0.4) is 0 Å². The molecule has 39 heavy (non-hydrogen) atoms. The number of hydrogen-bond donors (Lipinski definition) is 1. The van der Waals surface area contributed by atoms with Gasteiger partial charge in [0, 0.05) is 36.8 Å². The van der Waals surface area contributed by atoms with E-state index in [4.69, 9.17) is 10.5 Å². The van der Waals surface area contributed by atoms with Crippen LogP contribution in [0.2, 0.25) is 0 Å². The topological polar surface area (TPSA) is 89.7 Å². The molecule has 2 N–H and O–H groups in total. The zero-order valence-corrected chi connectivity index (χ0v) is 23.9. The first-order valence-electron chi connectivity index (χ1n) is 14.4. The lowest BCUT2D eigenvalue weighted by Crippen LogP contribution is -2.46. The summed E-state index contributed by atoms with van der Waals surface area (Å²) >= 11 is 0. The van der Waals surface area contributed by atoms with Crippen LogP contribution in [0, 0.1) is 17.3 Å². The number of ketones is 2. The molecule has 1 saturated heterocycles. The van der Waals surface area contributed by atoms with E-state index in [1.165, 1.54) is 0 Å². The summed E-state index contributed by atoms with van der Waals surface area (Å²) in [7, 11) is 0. The number of carbonyl (C=O) groups is 3. The smallest absolute Gasteiger partial charge is 0.229 e. The Morgan fingerprint density at radius 3 is 2.33 bits per heavy atom. The highest BCUT2D eigenvalue weighted by molar-refractivity contribution is 5.94. The second kappa shape index (κ2) is 12.1. The zero-order valence-electron chi connectivity index (χ0n) is 23.9. The summed E-state index contributed by atoms with van der Waals surface area (Å²) in [6.07, 6.45) is 2.89. The molecule has 2 aliphatic rings. The number of likely N-dealkylation sites (tertiary alicyclic amines) is 1. The van der Waals surface area contributed by atoms with Gasteiger partial charge in [-0.1, -0.05) is 67.1 Å². The molecule has 0 bridgehead atoms. The lowest BCUT2D eigenvalue weighted by Gasteiger charge is -2.41. The third kappa shape index (κ3) is 6.50. The van der Waals surface area contributed by atoms with Gasteiger partial charge < -0.3 is 15.4 Å². The van der Waals surface area contributed by atoms with Crippen molar-refractivity contribution < 1.29 is 19.1 Å². The van der Waals surface area contributed by atoms with Crippen LogP contribution < -0.4 is 5.73 Å². The van der Waals surface area contributed by atoms with Crippen LogP contribution in [0.5, 0.6) is 0 Å². The number of carbonyl (C=O) groups excluding carboxylic acids is 3. The Morgan fingerprint density at radius 2 is 1.72 bits per heavy atom. The van der Waals surface area contributed by atoms with Crippen LogP contribution in [0.1, 0.15) is 76.8 Å². The van der Waals surface area contributed by atoms with Crippen molar-refractivity contribution in [3.63, 3.8) is 0 Å². The van der Waals surface area contributed by atoms with Crippen LogP contribution in [0.15, 0.2) is 60.7 Å². The van der Waals surface area contributed by atoms with Crippen LogP contribution in [-0.2, 0) is 25.7 Å². The van der Waals surface area contributed by atoms with E-state index < -0.39 is 16.9 Å². The number of benzene rings is 2. The molecule has 0 aromatic heterocycles. The van der Waals surface area contributed by atoms with E-state index in [1.54, 1.807) is 13.8 Å². The quantitative estimate of drug-likeness (QED) is 0.424. The molecular weight excluding hydrogens is 488 g/mol. The fraction of sp³-hybridized carbons (Fsp3) is 0.545. The Balaban J connectivity index is 1.57. The summed E-state index contributed by atoms with van der Waals surface area (Å²) in [6.45, 7) is 8.68. The molecule has 6 nitrogen and oxygen atoms in total. The first-order chi connectivity index (χ1) is 18.5. The predicted molar refractivity (Wildman–Crippen MR) is 153 cm³/mol. The molecule has 0 radical (unpaired) electrons. The van der Waals surface area contributed by atoms with Crippen LogP contribution >= 0.6 is 0 Å². The van der Waals surface area contributed by atoms with Crippen molar-refractivity contribution in [1.29, 1.82) is 0 Å². The third-order valence-corrected chi connectivity index (χ3v) is 8.73. The molecule has 4 atom stereocenters. The van der Waals surface area contributed by atoms with Crippen molar-refractivity contribution in [2.24, 2.45) is 23.0 Å². The molecule has 4 rings (SSSR count). The van der Waals surface area contributed by atoms with Crippen molar-refractivity contribution in [2.45, 2.75) is 83.9 Å². The van der Waals surface area contributed by atoms with E-state index in [1.807, 2.05) is 53.4 Å². The van der Waals surface area contributed by atoms with Gasteiger partial charge in [0.05, 0.1) is 24.2 Å². The van der Waals surface area contributed by atoms with Gasteiger partial charge in [-0.15, -0.1) is 0 Å². The minimum Gasteiger partial charge on any atom is -0.376 e. The summed E-state index contributed by atoms with van der Waals surface area (Å²) in [6, 6.07) is 20.2. The molecule has 210 valence electrons. The van der Waals surface area contributed by atoms with Crippen LogP contribution in [0.4, 0.5) is 0 Å². The molecule has 6 heteroatoms. The van der Waals surface area contributed by atoms with Crippen molar-refractivity contribution in [3.05, 3.63) is 71.8 Å². The monoisotopic (exact) mass is 532 g/mol. The largest absolute Gasteiger partial charge is 0.376 e. The Hall–Kier alpha value is -2.83. The molecule has 3 unspecified atom stereocenters. The van der Waals surface area contributed by atoms with Crippen molar-refractivity contribution in [3.8, 4) is 0 Å². The minimum absolute atomic E-state index is 0.0299. The summed E-state index contributed by atoms with van der Waals surface area (Å²) in [4.78, 5) is 43.1. The SMILES string of the molecule is CC(C)N1CC(c2ccccc2)C2(CCCC(C(=O)[C@@H](COCc3ccccc3)CC(=O)C(C)(C)N)C2)C1=O. The molecule has 2 aromatic rings. The fourth-order valence-corrected chi connectivity index (χ4v) is 6.46. The van der Waals surface area contributed by atoms with Gasteiger partial charge in [-0.2, -0.15) is 0 Å². The van der Waals surface area contributed by atoms with Crippen LogP contribution in [-0.4, -0.2) is 47.1 Å². The van der Waals surface area contributed by atoms with Gasteiger partial charge in [-0.05, 0) is 58.1 Å². The lowest BCUT2D eigenvalue weighted by molar-refractivity contribution is -0.143. The first-order valence-corrected chi connectivity index (χ1v) is 14.4. The normalized spacial score (nSPS) is 24.4. The fourth-order valence-electron chi connectivity index (χ4n) is 6.46. The summed E-state index contributed by atoms with van der Waals surface area (Å²) < 4.78 is 6.00. The predicted octanol–water partition coefficient (Wildman–Crippen LogP) is 5.30. The highest BCUT2D eigenvalue weighted by atomic mass is 16.5. The minimum atomic E-state index is -1.02. The Morgan fingerprint density at radius 1 is 1.08 bits per heavy atom. The number of nitrogens with zero attached hydrogens (tertiary/aromatic N) is 1. The van der Waals surface area contributed by atoms with E-state index in [0.29, 0.717) is 19.6 Å². The maximum absolute atomic E-state index is 14.1. The number of hydrogen-bond acceptors (Lipinski definition) is 5. The van der Waals surface area contributed by atoms with Gasteiger partial charge >= 0.3 is 0 Å². The molecule has 1 aliphatic carbocycles. The van der Waals surface area contributed by atoms with Gasteiger partial charge in [0.1, 0.15) is 5.78 Å². The highest BCUT2D eigenvalue weighted by Crippen LogP contribution is 2.55. The van der Waals surface area contributed by atoms with E-state index >= 15 is 0 Å². The number of rotatable bonds is 11. The number of ether oxygens (including phenoxy) is 1. The van der Waals surface area contributed by atoms with E-state index in [-0.39, 0.29) is 48.4 Å². The molecule has 1 aliphatic heterocycles. The Labute approximate surface area is 233 Å². The van der Waals surface area contributed by atoms with Gasteiger partial charge in [0.15, 0.2) is 5.78 Å². The highest BCUT2D eigenvalue weighted by Gasteiger charge is 2.57. The molecule has 2 fully saturated rings. The van der Waals surface area contributed by atoms with Gasteiger partial charge in [-0.3, -0.25) is 14.4 Å². The number of Topliss-reactive ketones (excluding diaryl/α,β-unsaturated/α-hetero) is 2. The summed E-state index contributed by atoms with van der Waals surface area (Å²) in [5.41, 5.74) is 6.66. The lowest BCUT2D eigenvalue weighted by atomic mass is 9.61. The van der Waals surface area contributed by atoms with Gasteiger partial charge in [-0.25, -0.2) is 0 Å². The summed E-state index contributed by atoms with van der Waals surface area (Å²) in [5, 5.41) is 0. The third-order valence-electron chi connectivity index (χ3n) is 8.73. The van der Waals surface area contributed by atoms with E-state index in [9.17, 15) is 14.4 Å². The van der Waals surface area contributed by atoms with Crippen molar-refractivity contribution >= 4 is 17.5 Å². The number of amides is 1. The number of nitrogens with two attached hydrogens (primary N) is 1. The molecule has 2 aromatic carbocycles. The molecule has 1 amide bonds. The molecule has 1 saturated carbocycles. The van der Waals surface area contributed by atoms with Crippen molar-refractivity contribution in [1.82, 2.24) is 4.90 Å². The second-order valence-corrected chi connectivity index (χ2v) is 12.4. The van der Waals surface area contributed by atoms with Gasteiger partial charge in [0.2, 0.25) is 5.91 Å². The standard InChI is InChI=1S/C33H44N2O4/c1-23(2)35-20-28(25-14-9-6-10-15-25)33(31(35)38)17-11-16-26(19-33)30(37)27(18-29(36)32(3,4)34)22-39-21-24-12-7-5-8-13-24/h5-10,12-15,23,26-28H,11,16-22,34H2,1-4H3/t26?,27-,28?,33?/m1/s1. The van der Waals surface area contributed by atoms with Gasteiger partial charge in [0.25, 0.3) is 0 Å². The summed E-state index contributed by atoms with van der Waals surface area (Å²) in [5.74, 6) is -0.791. The average molecular weight is 533 g/mol. The molecule has 1 heterocycles. The maximum atomic E-state index is 14.1. The van der Waals surface area contributed by atoms with E-state index in [2.05, 4.69) is 26.0 Å². The Kier molecular flexibility index (Phi) is 9.07. The Bertz CT molecular complexity index is 1140. The molecular formula is C33H44N2O4. The zero-order chi connectivity index (χ0) is 28.2. The maximum Gasteiger partial charge on any atom is 0.229 e. The van der Waals surface area contributed by atoms with Crippen molar-refractivity contribution in [2.75, 3.05) is 13.2 Å². The van der Waals surface area contributed by atoms with E-state index in [0.717, 1.165) is 30.4 Å². The van der Waals surface area contributed by atoms with Crippen LogP contribution in [0.25, 0.3) is 0 Å². The first kappa shape index (κ1) is 29.2. The average Bonchev–Trinajstić information content (AvgIpc) is 3.19.